The van der Waals surface area contributed by atoms with Crippen LogP contribution in [-0.2, 0) is 0 Å². The highest BCUT2D eigenvalue weighted by atomic mass is 15.1. The molecule has 0 atom stereocenters. The van der Waals surface area contributed by atoms with Crippen LogP contribution in [0.15, 0.2) is 24.4 Å². The third-order valence-electron chi connectivity index (χ3n) is 8.56. The molecule has 0 aliphatic heterocycles. The minimum Gasteiger partial charge on any atom is -0.158 e. The Hall–Kier alpha value is -1.44. The van der Waals surface area contributed by atoms with Gasteiger partial charge in [0.1, 0.15) is 0 Å². The summed E-state index contributed by atoms with van der Waals surface area (Å²) >= 11 is 0. The number of benzene rings is 1. The van der Waals surface area contributed by atoms with Gasteiger partial charge in [0, 0.05) is 5.39 Å². The standard InChI is InChI=1S/C30H46N2/c1-24-23-31-32-29-21-20-27(22-28(24)29)30(25-16-12-8-4-2-5-9-13-17-25)26-18-14-10-6-3-7-11-15-19-26/h20-23,25-26,30H,2-19H2,1H3. The van der Waals surface area contributed by atoms with E-state index in [-0.39, 0.29) is 0 Å². The molecule has 2 saturated carbocycles. The minimum absolute atomic E-state index is 0.728. The summed E-state index contributed by atoms with van der Waals surface area (Å²) in [5.41, 5.74) is 3.94. The quantitative estimate of drug-likeness (QED) is 0.481. The minimum atomic E-state index is 0.728. The molecule has 2 aliphatic carbocycles. The van der Waals surface area contributed by atoms with Gasteiger partial charge >= 0.3 is 0 Å². The van der Waals surface area contributed by atoms with Crippen molar-refractivity contribution in [3.8, 4) is 0 Å². The Kier molecular flexibility index (Phi) is 9.41. The molecule has 0 N–H and O–H groups in total. The zero-order chi connectivity index (χ0) is 22.0. The van der Waals surface area contributed by atoms with Crippen molar-refractivity contribution in [2.24, 2.45) is 11.8 Å². The highest BCUT2D eigenvalue weighted by molar-refractivity contribution is 5.81. The van der Waals surface area contributed by atoms with E-state index in [0.29, 0.717) is 0 Å². The molecule has 32 heavy (non-hydrogen) atoms. The van der Waals surface area contributed by atoms with Gasteiger partial charge in [0.25, 0.3) is 0 Å². The summed E-state index contributed by atoms with van der Waals surface area (Å²) in [4.78, 5) is 0. The highest BCUT2D eigenvalue weighted by Gasteiger charge is 2.30. The number of nitrogens with zero attached hydrogens (tertiary/aromatic N) is 2. The molecular formula is C30H46N2. The maximum Gasteiger partial charge on any atom is 0.0932 e. The van der Waals surface area contributed by atoms with Gasteiger partial charge in [0.05, 0.1) is 11.7 Å². The fraction of sp³-hybridized carbons (Fsp3) is 0.733. The van der Waals surface area contributed by atoms with E-state index in [9.17, 15) is 0 Å². The molecule has 2 aromatic rings. The first-order valence-corrected chi connectivity index (χ1v) is 14.0. The van der Waals surface area contributed by atoms with Crippen LogP contribution in [0.1, 0.15) is 133 Å². The number of aromatic nitrogens is 2. The zero-order valence-electron chi connectivity index (χ0n) is 20.7. The summed E-state index contributed by atoms with van der Waals surface area (Å²) in [6, 6.07) is 7.21. The van der Waals surface area contributed by atoms with Gasteiger partial charge in [-0.3, -0.25) is 0 Å². The molecule has 4 rings (SSSR count). The summed E-state index contributed by atoms with van der Waals surface area (Å²) in [7, 11) is 0. The molecule has 0 amide bonds. The molecule has 1 aromatic heterocycles. The first-order chi connectivity index (χ1) is 15.8. The molecule has 1 heterocycles. The molecule has 2 fully saturated rings. The van der Waals surface area contributed by atoms with Gasteiger partial charge in [-0.1, -0.05) is 96.0 Å². The molecular weight excluding hydrogens is 388 g/mol. The van der Waals surface area contributed by atoms with Gasteiger partial charge in [0.2, 0.25) is 0 Å². The van der Waals surface area contributed by atoms with E-state index >= 15 is 0 Å². The Balaban J connectivity index is 1.66. The summed E-state index contributed by atoms with van der Waals surface area (Å²) in [5.74, 6) is 2.44. The van der Waals surface area contributed by atoms with E-state index in [0.717, 1.165) is 23.3 Å². The Morgan fingerprint density at radius 3 is 1.62 bits per heavy atom. The van der Waals surface area contributed by atoms with Gasteiger partial charge in [-0.05, 0) is 73.6 Å². The van der Waals surface area contributed by atoms with Gasteiger partial charge in [-0.25, -0.2) is 0 Å². The van der Waals surface area contributed by atoms with Crippen LogP contribution in [0.5, 0.6) is 0 Å². The molecule has 2 nitrogen and oxygen atoms in total. The van der Waals surface area contributed by atoms with Crippen molar-refractivity contribution in [3.63, 3.8) is 0 Å². The van der Waals surface area contributed by atoms with Gasteiger partial charge < -0.3 is 0 Å². The van der Waals surface area contributed by atoms with E-state index < -0.39 is 0 Å². The van der Waals surface area contributed by atoms with E-state index in [1.165, 1.54) is 127 Å². The number of fused-ring (bicyclic) bond motifs is 1. The van der Waals surface area contributed by atoms with Crippen LogP contribution < -0.4 is 0 Å². The van der Waals surface area contributed by atoms with Crippen molar-refractivity contribution in [1.29, 1.82) is 0 Å². The molecule has 176 valence electrons. The molecule has 0 unspecified atom stereocenters. The molecule has 0 radical (unpaired) electrons. The normalized spacial score (nSPS) is 21.6. The second-order valence-electron chi connectivity index (χ2n) is 11.0. The van der Waals surface area contributed by atoms with Crippen LogP contribution in [0.3, 0.4) is 0 Å². The summed E-state index contributed by atoms with van der Waals surface area (Å²) in [5, 5.41) is 9.94. The van der Waals surface area contributed by atoms with Crippen molar-refractivity contribution in [1.82, 2.24) is 10.2 Å². The maximum absolute atomic E-state index is 4.42. The predicted molar refractivity (Wildman–Crippen MR) is 137 cm³/mol. The zero-order valence-corrected chi connectivity index (χ0v) is 20.7. The highest BCUT2D eigenvalue weighted by Crippen LogP contribution is 2.44. The maximum atomic E-state index is 4.42. The molecule has 0 bridgehead atoms. The lowest BCUT2D eigenvalue weighted by atomic mass is 9.69. The molecule has 0 spiro atoms. The van der Waals surface area contributed by atoms with Crippen LogP contribution in [0.4, 0.5) is 0 Å². The van der Waals surface area contributed by atoms with Crippen molar-refractivity contribution < 1.29 is 0 Å². The lowest BCUT2D eigenvalue weighted by Gasteiger charge is -2.36. The topological polar surface area (TPSA) is 25.8 Å². The number of hydrogen-bond donors (Lipinski definition) is 0. The molecule has 1 aromatic carbocycles. The monoisotopic (exact) mass is 434 g/mol. The Bertz CT molecular complexity index is 768. The number of rotatable bonds is 3. The van der Waals surface area contributed by atoms with Gasteiger partial charge in [-0.15, -0.1) is 0 Å². The van der Waals surface area contributed by atoms with Crippen molar-refractivity contribution in [3.05, 3.63) is 35.5 Å². The van der Waals surface area contributed by atoms with Gasteiger partial charge in [-0.2, -0.15) is 10.2 Å². The largest absolute Gasteiger partial charge is 0.158 e. The second-order valence-corrected chi connectivity index (χ2v) is 11.0. The first kappa shape index (κ1) is 23.7. The van der Waals surface area contributed by atoms with E-state index in [1.54, 1.807) is 5.56 Å². The van der Waals surface area contributed by atoms with Crippen molar-refractivity contribution in [2.75, 3.05) is 0 Å². The van der Waals surface area contributed by atoms with Crippen LogP contribution >= 0.6 is 0 Å². The summed E-state index contributed by atoms with van der Waals surface area (Å²) in [6.45, 7) is 2.20. The van der Waals surface area contributed by atoms with E-state index in [1.807, 2.05) is 6.20 Å². The third kappa shape index (κ3) is 6.55. The first-order valence-electron chi connectivity index (χ1n) is 14.0. The Morgan fingerprint density at radius 1 is 0.656 bits per heavy atom. The summed E-state index contributed by atoms with van der Waals surface area (Å²) < 4.78 is 0. The van der Waals surface area contributed by atoms with E-state index in [4.69, 9.17) is 0 Å². The number of aryl methyl sites for hydroxylation is 1. The fourth-order valence-corrected chi connectivity index (χ4v) is 6.74. The third-order valence-corrected chi connectivity index (χ3v) is 8.56. The second kappa shape index (κ2) is 12.7. The average Bonchev–Trinajstić information content (AvgIpc) is 2.82. The van der Waals surface area contributed by atoms with Crippen molar-refractivity contribution >= 4 is 10.9 Å². The summed E-state index contributed by atoms with van der Waals surface area (Å²) in [6.07, 6.45) is 27.9. The van der Waals surface area contributed by atoms with Gasteiger partial charge in [0.15, 0.2) is 0 Å². The lowest BCUT2D eigenvalue weighted by molar-refractivity contribution is 0.230. The van der Waals surface area contributed by atoms with Crippen LogP contribution in [-0.4, -0.2) is 10.2 Å². The Morgan fingerprint density at radius 2 is 1.12 bits per heavy atom. The van der Waals surface area contributed by atoms with Crippen LogP contribution in [0.25, 0.3) is 10.9 Å². The molecule has 2 aliphatic rings. The molecule has 2 heteroatoms. The predicted octanol–water partition coefficient (Wildman–Crippen LogP) is 9.30. The van der Waals surface area contributed by atoms with Crippen LogP contribution in [0, 0.1) is 18.8 Å². The molecule has 0 saturated heterocycles. The Labute approximate surface area is 197 Å². The number of hydrogen-bond acceptors (Lipinski definition) is 2. The van der Waals surface area contributed by atoms with Crippen LogP contribution in [0.2, 0.25) is 0 Å². The smallest absolute Gasteiger partial charge is 0.0932 e. The lowest BCUT2D eigenvalue weighted by Crippen LogP contribution is -2.23. The SMILES string of the molecule is Cc1cnnc2ccc(C(C3CCCCCCCCC3)C3CCCCCCCCC3)cc12. The fourth-order valence-electron chi connectivity index (χ4n) is 6.74. The average molecular weight is 435 g/mol. The van der Waals surface area contributed by atoms with Crippen molar-refractivity contribution in [2.45, 2.75) is 128 Å². The van der Waals surface area contributed by atoms with E-state index in [2.05, 4.69) is 35.3 Å².